The van der Waals surface area contributed by atoms with Crippen molar-refractivity contribution < 1.29 is 33.8 Å². The molecule has 0 spiro atoms. The number of amides is 2. The normalized spacial score (nSPS) is 25.1. The van der Waals surface area contributed by atoms with Crippen LogP contribution in [0.5, 0.6) is 0 Å². The van der Waals surface area contributed by atoms with Crippen molar-refractivity contribution in [3.05, 3.63) is 46.8 Å². The zero-order chi connectivity index (χ0) is 40.2. The number of pyridine rings is 2. The minimum Gasteiger partial charge on any atom is -0.480 e. The molecule has 5 aliphatic rings. The number of aliphatic carboxylic acids is 2. The molecule has 0 aliphatic carbocycles. The summed E-state index contributed by atoms with van der Waals surface area (Å²) in [6, 6.07) is 8.70. The molecule has 2 amide bonds. The molecule has 5 N–H and O–H groups in total. The Morgan fingerprint density at radius 2 is 1.39 bits per heavy atom. The largest absolute Gasteiger partial charge is 0.480 e. The number of nitrogens with zero attached hydrogens (tertiary/aromatic N) is 5. The Morgan fingerprint density at radius 3 is 2.02 bits per heavy atom. The highest BCUT2D eigenvalue weighted by Gasteiger charge is 2.45. The zero-order valence-corrected chi connectivity index (χ0v) is 33.2. The number of unbranched alkanes of at least 4 members (excludes halogenated alkanes) is 1. The first-order valence-electron chi connectivity index (χ1n) is 21.0. The van der Waals surface area contributed by atoms with Crippen molar-refractivity contribution in [3.8, 4) is 0 Å². The SMILES string of the molecule is CC1(C(=O)N2CCC(Cc3ccc4c(n3)NCC(C3CNc5nc(CCCCNC(=O)C6(F)CCN(CC(=O)O)C6)ccc5C3)C4)CC2)CCN(CC(=O)O)CC1. The number of carboxylic acid groups (broad SMARTS) is 2. The van der Waals surface area contributed by atoms with E-state index in [9.17, 15) is 19.2 Å². The molecule has 3 atom stereocenters. The maximum Gasteiger partial charge on any atom is 0.317 e. The van der Waals surface area contributed by atoms with Crippen LogP contribution in [0.25, 0.3) is 0 Å². The lowest BCUT2D eigenvalue weighted by Crippen LogP contribution is -2.51. The van der Waals surface area contributed by atoms with Crippen LogP contribution in [0.3, 0.4) is 0 Å². The topological polar surface area (TPSA) is 180 Å². The summed E-state index contributed by atoms with van der Waals surface area (Å²) < 4.78 is 15.1. The van der Waals surface area contributed by atoms with Crippen molar-refractivity contribution in [3.63, 3.8) is 0 Å². The molecule has 15 heteroatoms. The fourth-order valence-corrected chi connectivity index (χ4v) is 9.56. The number of hydrogen-bond acceptors (Lipinski definition) is 10. The van der Waals surface area contributed by atoms with E-state index >= 15 is 4.39 Å². The minimum atomic E-state index is -2.03. The van der Waals surface area contributed by atoms with Crippen LogP contribution >= 0.6 is 0 Å². The first kappa shape index (κ1) is 40.8. The number of rotatable bonds is 14. The molecular formula is C42H59FN8O6. The molecule has 0 aromatic carbocycles. The highest BCUT2D eigenvalue weighted by molar-refractivity contribution is 5.86. The second-order valence-corrected chi connectivity index (χ2v) is 17.5. The van der Waals surface area contributed by atoms with Gasteiger partial charge in [-0.1, -0.05) is 19.1 Å². The van der Waals surface area contributed by atoms with Crippen LogP contribution < -0.4 is 16.0 Å². The summed E-state index contributed by atoms with van der Waals surface area (Å²) in [5.41, 5.74) is 2.14. The van der Waals surface area contributed by atoms with Crippen LogP contribution in [-0.4, -0.2) is 136 Å². The van der Waals surface area contributed by atoms with Crippen LogP contribution in [0.4, 0.5) is 16.0 Å². The highest BCUT2D eigenvalue weighted by atomic mass is 19.1. The summed E-state index contributed by atoms with van der Waals surface area (Å²) in [6.07, 6.45) is 8.47. The molecule has 3 fully saturated rings. The molecule has 3 unspecified atom stereocenters. The van der Waals surface area contributed by atoms with Gasteiger partial charge in [0, 0.05) is 69.0 Å². The van der Waals surface area contributed by atoms with E-state index in [-0.39, 0.29) is 38.5 Å². The number of alkyl halides is 1. The molecule has 7 rings (SSSR count). The van der Waals surface area contributed by atoms with Crippen LogP contribution in [0.1, 0.15) is 74.4 Å². The van der Waals surface area contributed by atoms with Gasteiger partial charge in [0.25, 0.3) is 5.91 Å². The number of anilines is 2. The van der Waals surface area contributed by atoms with Crippen molar-refractivity contribution >= 4 is 35.4 Å². The number of aryl methyl sites for hydroxylation is 1. The summed E-state index contributed by atoms with van der Waals surface area (Å²) in [6.45, 7) is 6.84. The average molecular weight is 791 g/mol. The third kappa shape index (κ3) is 10.0. The summed E-state index contributed by atoms with van der Waals surface area (Å²) in [7, 11) is 0. The standard InChI is InChI=1S/C42H59FN8O6/c1-41(11-17-49(18-12-41)25-35(52)53)40(57)51-15-9-28(10-16-51)20-34-8-6-30-22-32(24-46-38(30)48-34)31-21-29-5-7-33(47-37(29)45-23-31)4-2-3-14-44-39(56)42(43)13-19-50(27-42)26-36(54)55/h5-8,28,31-32H,2-4,9-27H2,1H3,(H,44,56)(H,45,47)(H,46,48)(H,52,53)(H,54,55). The number of likely N-dealkylation sites (tertiary alicyclic amines) is 3. The van der Waals surface area contributed by atoms with E-state index in [0.29, 0.717) is 56.7 Å². The Kier molecular flexibility index (Phi) is 12.6. The number of nitrogens with one attached hydrogen (secondary N) is 3. The van der Waals surface area contributed by atoms with Gasteiger partial charge >= 0.3 is 11.9 Å². The number of fused-ring (bicyclic) bond motifs is 2. The van der Waals surface area contributed by atoms with Crippen molar-refractivity contribution in [1.29, 1.82) is 0 Å². The highest BCUT2D eigenvalue weighted by Crippen LogP contribution is 2.36. The number of carboxylic acids is 2. The van der Waals surface area contributed by atoms with Gasteiger partial charge in [-0.25, -0.2) is 14.4 Å². The van der Waals surface area contributed by atoms with Crippen molar-refractivity contribution in [2.75, 3.05) is 82.6 Å². The van der Waals surface area contributed by atoms with Gasteiger partial charge in [0.15, 0.2) is 0 Å². The molecule has 5 aliphatic heterocycles. The van der Waals surface area contributed by atoms with Gasteiger partial charge in [-0.3, -0.25) is 29.0 Å². The lowest BCUT2D eigenvalue weighted by Gasteiger charge is -2.42. The maximum atomic E-state index is 15.1. The molecule has 310 valence electrons. The van der Waals surface area contributed by atoms with Gasteiger partial charge in [0.05, 0.1) is 13.1 Å². The van der Waals surface area contributed by atoms with Crippen molar-refractivity contribution in [1.82, 2.24) is 30.0 Å². The molecule has 0 bridgehead atoms. The third-order valence-corrected chi connectivity index (χ3v) is 13.2. The number of halogens is 1. The monoisotopic (exact) mass is 790 g/mol. The molecule has 2 aromatic heterocycles. The van der Waals surface area contributed by atoms with Gasteiger partial charge in [0.2, 0.25) is 11.6 Å². The number of carbonyl (C=O) groups excluding carboxylic acids is 2. The Labute approximate surface area is 334 Å². The number of aromatic nitrogens is 2. The molecule has 0 radical (unpaired) electrons. The molecule has 57 heavy (non-hydrogen) atoms. The molecule has 2 aromatic rings. The predicted molar refractivity (Wildman–Crippen MR) is 213 cm³/mol. The van der Waals surface area contributed by atoms with E-state index in [1.807, 2.05) is 16.7 Å². The predicted octanol–water partition coefficient (Wildman–Crippen LogP) is 3.25. The van der Waals surface area contributed by atoms with Gasteiger partial charge in [-0.05, 0) is 118 Å². The van der Waals surface area contributed by atoms with E-state index in [2.05, 4.69) is 40.2 Å². The summed E-state index contributed by atoms with van der Waals surface area (Å²) >= 11 is 0. The molecule has 3 saturated heterocycles. The lowest BCUT2D eigenvalue weighted by molar-refractivity contribution is -0.146. The van der Waals surface area contributed by atoms with Crippen molar-refractivity contribution in [2.24, 2.45) is 23.2 Å². The Morgan fingerprint density at radius 1 is 0.807 bits per heavy atom. The second-order valence-electron chi connectivity index (χ2n) is 17.5. The Hall–Kier alpha value is -4.37. The van der Waals surface area contributed by atoms with E-state index in [0.717, 1.165) is 94.1 Å². The smallest absolute Gasteiger partial charge is 0.317 e. The van der Waals surface area contributed by atoms with Gasteiger partial charge in [-0.15, -0.1) is 0 Å². The Balaban J connectivity index is 0.813. The van der Waals surface area contributed by atoms with Gasteiger partial charge < -0.3 is 31.1 Å². The Bertz CT molecular complexity index is 1800. The van der Waals surface area contributed by atoms with Crippen LogP contribution in [0.2, 0.25) is 0 Å². The fraction of sp³-hybridized carbons (Fsp3) is 0.667. The number of piperidine rings is 2. The first-order valence-corrected chi connectivity index (χ1v) is 21.0. The van der Waals surface area contributed by atoms with E-state index in [1.165, 1.54) is 16.0 Å². The third-order valence-electron chi connectivity index (χ3n) is 13.2. The molecule has 14 nitrogen and oxygen atoms in total. The van der Waals surface area contributed by atoms with Crippen LogP contribution in [0, 0.1) is 23.2 Å². The summed E-state index contributed by atoms with van der Waals surface area (Å²) in [5, 5.41) is 28.0. The van der Waals surface area contributed by atoms with E-state index in [4.69, 9.17) is 20.2 Å². The first-order chi connectivity index (χ1) is 27.4. The molecule has 7 heterocycles. The average Bonchev–Trinajstić information content (AvgIpc) is 3.58. The summed E-state index contributed by atoms with van der Waals surface area (Å²) in [4.78, 5) is 63.4. The minimum absolute atomic E-state index is 0.0109. The molecular weight excluding hydrogens is 732 g/mol. The van der Waals surface area contributed by atoms with Crippen molar-refractivity contribution in [2.45, 2.75) is 83.2 Å². The second kappa shape index (κ2) is 17.6. The quantitative estimate of drug-likeness (QED) is 0.177. The van der Waals surface area contributed by atoms with Gasteiger partial charge in [-0.2, -0.15) is 0 Å². The zero-order valence-electron chi connectivity index (χ0n) is 33.2. The van der Waals surface area contributed by atoms with E-state index < -0.39 is 28.9 Å². The number of hydrogen-bond donors (Lipinski definition) is 5. The van der Waals surface area contributed by atoms with Crippen LogP contribution in [0.15, 0.2) is 24.3 Å². The molecule has 0 saturated carbocycles. The van der Waals surface area contributed by atoms with Gasteiger partial charge in [0.1, 0.15) is 11.6 Å². The maximum absolute atomic E-state index is 15.1. The summed E-state index contributed by atoms with van der Waals surface area (Å²) in [5.74, 6) is 1.11. The fourth-order valence-electron chi connectivity index (χ4n) is 9.56. The van der Waals surface area contributed by atoms with E-state index in [1.54, 1.807) is 0 Å². The number of carbonyl (C=O) groups is 4. The van der Waals surface area contributed by atoms with Crippen LogP contribution in [-0.2, 0) is 44.9 Å². The lowest BCUT2D eigenvalue weighted by atomic mass is 9.78.